The van der Waals surface area contributed by atoms with Gasteiger partial charge in [-0.05, 0) is 78.1 Å². The summed E-state index contributed by atoms with van der Waals surface area (Å²) in [5.41, 5.74) is 9.62. The van der Waals surface area contributed by atoms with Crippen LogP contribution in [0.25, 0.3) is 55.2 Å². The molecule has 1 fully saturated rings. The topological polar surface area (TPSA) is 82.3 Å². The number of imidazole rings is 1. The molecule has 2 aromatic carbocycles. The maximum Gasteiger partial charge on any atom is 0.181 e. The molecular weight excluding hydrogens is 500 g/mol. The molecule has 1 aliphatic rings. The van der Waals surface area contributed by atoms with E-state index in [1.807, 2.05) is 6.20 Å². The highest BCUT2D eigenvalue weighted by Crippen LogP contribution is 2.34. The SMILES string of the molecule is CCc1cc(CNCC2CCCC2)cc(-c2cnc3n[nH]c(-c4nc5c(-c6cccs6)cccc5[nH]4)c3c2)c1. The van der Waals surface area contributed by atoms with Crippen molar-refractivity contribution < 1.29 is 0 Å². The van der Waals surface area contributed by atoms with Crippen LogP contribution in [-0.2, 0) is 13.0 Å². The molecule has 0 amide bonds. The van der Waals surface area contributed by atoms with E-state index < -0.39 is 0 Å². The lowest BCUT2D eigenvalue weighted by Gasteiger charge is -2.13. The summed E-state index contributed by atoms with van der Waals surface area (Å²) in [5, 5.41) is 14.5. The number of rotatable bonds is 8. The lowest BCUT2D eigenvalue weighted by molar-refractivity contribution is 0.489. The molecule has 196 valence electrons. The molecule has 6 nitrogen and oxygen atoms in total. The number of fused-ring (bicyclic) bond motifs is 2. The third kappa shape index (κ3) is 4.77. The van der Waals surface area contributed by atoms with E-state index in [1.54, 1.807) is 11.3 Å². The van der Waals surface area contributed by atoms with Gasteiger partial charge >= 0.3 is 0 Å². The van der Waals surface area contributed by atoms with Crippen LogP contribution in [-0.4, -0.2) is 31.7 Å². The zero-order valence-corrected chi connectivity index (χ0v) is 22.9. The van der Waals surface area contributed by atoms with Crippen molar-refractivity contribution in [1.29, 1.82) is 0 Å². The molecule has 1 aliphatic carbocycles. The van der Waals surface area contributed by atoms with Gasteiger partial charge in [0.2, 0.25) is 0 Å². The van der Waals surface area contributed by atoms with E-state index in [0.29, 0.717) is 5.65 Å². The standard InChI is InChI=1S/C32H32N6S/c1-2-20-13-22(18-33-17-21-7-3-4-8-21)15-23(14-20)24-16-26-30(37-38-31(26)34-19-24)32-35-27-10-5-9-25(29(27)36-32)28-11-6-12-39-28/h5-6,9-16,19,21,33H,2-4,7-8,17-18H2,1H3,(H,35,36)(H,34,37,38). The zero-order valence-electron chi connectivity index (χ0n) is 22.1. The van der Waals surface area contributed by atoms with Crippen LogP contribution in [0, 0.1) is 5.92 Å². The largest absolute Gasteiger partial charge is 0.337 e. The third-order valence-corrected chi connectivity index (χ3v) is 8.88. The number of aromatic nitrogens is 5. The van der Waals surface area contributed by atoms with Crippen molar-refractivity contribution in [2.45, 2.75) is 45.6 Å². The second kappa shape index (κ2) is 10.4. The minimum atomic E-state index is 0.692. The summed E-state index contributed by atoms with van der Waals surface area (Å²) in [5.74, 6) is 1.61. The molecule has 39 heavy (non-hydrogen) atoms. The number of nitrogens with zero attached hydrogens (tertiary/aromatic N) is 3. The quantitative estimate of drug-likeness (QED) is 0.187. The van der Waals surface area contributed by atoms with Crippen molar-refractivity contribution in [3.8, 4) is 33.1 Å². The molecule has 0 atom stereocenters. The van der Waals surface area contributed by atoms with E-state index in [4.69, 9.17) is 9.97 Å². The maximum absolute atomic E-state index is 5.02. The lowest BCUT2D eigenvalue weighted by atomic mass is 9.98. The van der Waals surface area contributed by atoms with Gasteiger partial charge in [0, 0.05) is 28.7 Å². The summed E-state index contributed by atoms with van der Waals surface area (Å²) < 4.78 is 0. The Bertz CT molecular complexity index is 1740. The Hall–Kier alpha value is -3.81. The number of benzene rings is 2. The number of hydrogen-bond donors (Lipinski definition) is 3. The van der Waals surface area contributed by atoms with E-state index in [0.717, 1.165) is 64.5 Å². The van der Waals surface area contributed by atoms with Gasteiger partial charge in [0.05, 0.1) is 16.4 Å². The first-order valence-corrected chi connectivity index (χ1v) is 14.8. The number of H-pyrrole nitrogens is 2. The monoisotopic (exact) mass is 532 g/mol. The Balaban J connectivity index is 1.23. The predicted molar refractivity (Wildman–Crippen MR) is 161 cm³/mol. The first-order chi connectivity index (χ1) is 19.2. The summed E-state index contributed by atoms with van der Waals surface area (Å²) >= 11 is 1.73. The number of pyridine rings is 1. The minimum absolute atomic E-state index is 0.692. The van der Waals surface area contributed by atoms with E-state index in [1.165, 1.54) is 47.3 Å². The number of para-hydroxylation sites is 1. The van der Waals surface area contributed by atoms with E-state index in [2.05, 4.69) is 87.4 Å². The van der Waals surface area contributed by atoms with Crippen LogP contribution >= 0.6 is 11.3 Å². The second-order valence-electron chi connectivity index (χ2n) is 10.6. The average Bonchev–Trinajstić information content (AvgIpc) is 3.78. The van der Waals surface area contributed by atoms with Crippen LogP contribution in [0.3, 0.4) is 0 Å². The average molecular weight is 533 g/mol. The smallest absolute Gasteiger partial charge is 0.181 e. The fourth-order valence-corrected chi connectivity index (χ4v) is 6.64. The molecule has 0 spiro atoms. The van der Waals surface area contributed by atoms with Crippen molar-refractivity contribution in [2.75, 3.05) is 6.54 Å². The Kier molecular flexibility index (Phi) is 6.46. The molecule has 0 radical (unpaired) electrons. The van der Waals surface area contributed by atoms with Crippen molar-refractivity contribution in [3.05, 3.63) is 77.3 Å². The fourth-order valence-electron chi connectivity index (χ4n) is 5.89. The fraction of sp³-hybridized carbons (Fsp3) is 0.281. The predicted octanol–water partition coefficient (Wildman–Crippen LogP) is 7.74. The Labute approximate surface area is 231 Å². The molecule has 0 saturated heterocycles. The Morgan fingerprint density at radius 1 is 1.00 bits per heavy atom. The molecule has 0 bridgehead atoms. The lowest BCUT2D eigenvalue weighted by Crippen LogP contribution is -2.20. The van der Waals surface area contributed by atoms with Crippen LogP contribution in [0.1, 0.15) is 43.7 Å². The molecule has 0 unspecified atom stereocenters. The van der Waals surface area contributed by atoms with Crippen LogP contribution in [0.15, 0.2) is 66.2 Å². The first-order valence-electron chi connectivity index (χ1n) is 14.0. The summed E-state index contributed by atoms with van der Waals surface area (Å²) in [6, 6.07) is 19.6. The van der Waals surface area contributed by atoms with Gasteiger partial charge in [-0.2, -0.15) is 5.10 Å². The summed E-state index contributed by atoms with van der Waals surface area (Å²) in [6.07, 6.45) is 8.44. The highest BCUT2D eigenvalue weighted by Gasteiger charge is 2.17. The molecule has 1 saturated carbocycles. The van der Waals surface area contributed by atoms with Crippen molar-refractivity contribution >= 4 is 33.4 Å². The number of hydrogen-bond acceptors (Lipinski definition) is 5. The number of thiophene rings is 1. The van der Waals surface area contributed by atoms with Gasteiger partial charge < -0.3 is 10.3 Å². The highest BCUT2D eigenvalue weighted by atomic mass is 32.1. The number of aryl methyl sites for hydroxylation is 1. The molecule has 4 heterocycles. The number of aromatic amines is 2. The zero-order chi connectivity index (χ0) is 26.2. The molecule has 7 heteroatoms. The summed E-state index contributed by atoms with van der Waals surface area (Å²) in [6.45, 7) is 4.23. The van der Waals surface area contributed by atoms with E-state index in [-0.39, 0.29) is 0 Å². The normalized spacial score (nSPS) is 14.2. The van der Waals surface area contributed by atoms with Crippen LogP contribution in [0.5, 0.6) is 0 Å². The van der Waals surface area contributed by atoms with Crippen LogP contribution in [0.2, 0.25) is 0 Å². The van der Waals surface area contributed by atoms with Gasteiger partial charge in [-0.1, -0.05) is 50.1 Å². The Morgan fingerprint density at radius 3 is 2.74 bits per heavy atom. The van der Waals surface area contributed by atoms with E-state index >= 15 is 0 Å². The molecular formula is C32H32N6S. The van der Waals surface area contributed by atoms with Crippen molar-refractivity contribution in [2.24, 2.45) is 5.92 Å². The summed E-state index contributed by atoms with van der Waals surface area (Å²) in [4.78, 5) is 14.5. The Morgan fingerprint density at radius 2 is 1.90 bits per heavy atom. The van der Waals surface area contributed by atoms with Crippen LogP contribution in [0.4, 0.5) is 0 Å². The van der Waals surface area contributed by atoms with Gasteiger partial charge in [-0.3, -0.25) is 5.10 Å². The van der Waals surface area contributed by atoms with Gasteiger partial charge in [0.25, 0.3) is 0 Å². The highest BCUT2D eigenvalue weighted by molar-refractivity contribution is 7.13. The van der Waals surface area contributed by atoms with E-state index in [9.17, 15) is 0 Å². The van der Waals surface area contributed by atoms with Gasteiger partial charge in [0.1, 0.15) is 5.69 Å². The van der Waals surface area contributed by atoms with Gasteiger partial charge in [-0.15, -0.1) is 11.3 Å². The molecule has 7 rings (SSSR count). The molecule has 4 aromatic heterocycles. The summed E-state index contributed by atoms with van der Waals surface area (Å²) in [7, 11) is 0. The molecule has 3 N–H and O–H groups in total. The maximum atomic E-state index is 5.02. The van der Waals surface area contributed by atoms with Crippen molar-refractivity contribution in [1.82, 2.24) is 30.5 Å². The molecule has 6 aromatic rings. The first kappa shape index (κ1) is 24.2. The molecule has 0 aliphatic heterocycles. The van der Waals surface area contributed by atoms with Gasteiger partial charge in [-0.25, -0.2) is 9.97 Å². The van der Waals surface area contributed by atoms with Crippen molar-refractivity contribution in [3.63, 3.8) is 0 Å². The number of nitrogens with one attached hydrogen (secondary N) is 3. The van der Waals surface area contributed by atoms with Gasteiger partial charge in [0.15, 0.2) is 11.5 Å². The van der Waals surface area contributed by atoms with Crippen LogP contribution < -0.4 is 5.32 Å². The second-order valence-corrected chi connectivity index (χ2v) is 11.6. The minimum Gasteiger partial charge on any atom is -0.337 e. The third-order valence-electron chi connectivity index (χ3n) is 7.98.